The molecule has 116 valence electrons. The summed E-state index contributed by atoms with van der Waals surface area (Å²) in [6.45, 7) is 0. The molecule has 1 aliphatic rings. The Balaban J connectivity index is 2.41. The molecule has 20 heavy (non-hydrogen) atoms. The smallest absolute Gasteiger partial charge is 0.317 e. The summed E-state index contributed by atoms with van der Waals surface area (Å²) >= 11 is 0. The summed E-state index contributed by atoms with van der Waals surface area (Å²) in [6.07, 6.45) is 5.05. The number of carboxylic acid groups (broad SMARTS) is 2. The Hall–Kier alpha value is 0.340. The first-order valence-corrected chi connectivity index (χ1v) is 11.4. The van der Waals surface area contributed by atoms with E-state index in [0.29, 0.717) is 12.8 Å². The van der Waals surface area contributed by atoms with Gasteiger partial charge in [-0.1, -0.05) is 56.0 Å². The van der Waals surface area contributed by atoms with Crippen molar-refractivity contribution in [2.24, 2.45) is 0 Å². The van der Waals surface area contributed by atoms with E-state index in [1.54, 1.807) is 21.6 Å². The third kappa shape index (κ3) is 7.95. The molecule has 1 aliphatic heterocycles. The Kier molecular flexibility index (Phi) is 10.1. The van der Waals surface area contributed by atoms with Gasteiger partial charge < -0.3 is 10.2 Å². The molecule has 0 amide bonds. The van der Waals surface area contributed by atoms with Crippen molar-refractivity contribution in [2.75, 3.05) is 11.5 Å². The first kappa shape index (κ1) is 18.4. The van der Waals surface area contributed by atoms with Crippen molar-refractivity contribution in [3.05, 3.63) is 0 Å². The van der Waals surface area contributed by atoms with Crippen LogP contribution < -0.4 is 0 Å². The third-order valence-corrected chi connectivity index (χ3v) is 8.54. The molecule has 0 saturated carbocycles. The van der Waals surface area contributed by atoms with Crippen molar-refractivity contribution in [3.8, 4) is 0 Å². The van der Waals surface area contributed by atoms with Crippen molar-refractivity contribution < 1.29 is 19.8 Å². The third-order valence-electron chi connectivity index (χ3n) is 2.81. The highest BCUT2D eigenvalue weighted by molar-refractivity contribution is 8.77. The van der Waals surface area contributed by atoms with Crippen LogP contribution in [0, 0.1) is 0 Å². The highest BCUT2D eigenvalue weighted by atomic mass is 33.1. The zero-order valence-corrected chi connectivity index (χ0v) is 14.4. The Morgan fingerprint density at radius 1 is 0.750 bits per heavy atom. The molecular weight excluding hydrogens is 336 g/mol. The van der Waals surface area contributed by atoms with E-state index >= 15 is 0 Å². The zero-order valence-electron chi connectivity index (χ0n) is 11.2. The molecule has 2 N–H and O–H groups in total. The van der Waals surface area contributed by atoms with Gasteiger partial charge in [0.1, 0.15) is 10.5 Å². The van der Waals surface area contributed by atoms with Crippen LogP contribution in [0.4, 0.5) is 0 Å². The van der Waals surface area contributed by atoms with E-state index in [1.807, 2.05) is 0 Å². The van der Waals surface area contributed by atoms with Gasteiger partial charge in [-0.25, -0.2) is 0 Å². The molecule has 0 radical (unpaired) electrons. The van der Waals surface area contributed by atoms with Gasteiger partial charge in [-0.3, -0.25) is 9.59 Å². The maximum absolute atomic E-state index is 11.1. The van der Waals surface area contributed by atoms with Gasteiger partial charge in [0.15, 0.2) is 0 Å². The van der Waals surface area contributed by atoms with E-state index in [1.165, 1.54) is 21.6 Å². The highest BCUT2D eigenvalue weighted by Gasteiger charge is 2.20. The average molecular weight is 357 g/mol. The lowest BCUT2D eigenvalue weighted by Crippen LogP contribution is -2.16. The van der Waals surface area contributed by atoms with Gasteiger partial charge >= 0.3 is 11.9 Å². The predicted octanol–water partition coefficient (Wildman–Crippen LogP) is 4.01. The van der Waals surface area contributed by atoms with Crippen LogP contribution in [0.2, 0.25) is 0 Å². The topological polar surface area (TPSA) is 74.6 Å². The van der Waals surface area contributed by atoms with Crippen LogP contribution in [0.1, 0.15) is 38.5 Å². The minimum absolute atomic E-state index is 0.313. The van der Waals surface area contributed by atoms with Crippen molar-refractivity contribution >= 4 is 55.1 Å². The summed E-state index contributed by atoms with van der Waals surface area (Å²) in [5.41, 5.74) is 0. The van der Waals surface area contributed by atoms with Crippen molar-refractivity contribution in [1.29, 1.82) is 0 Å². The van der Waals surface area contributed by atoms with Crippen LogP contribution in [-0.2, 0) is 9.59 Å². The number of aliphatic carboxylic acids is 2. The van der Waals surface area contributed by atoms with Gasteiger partial charge in [0.2, 0.25) is 0 Å². The second kappa shape index (κ2) is 11.0. The normalized spacial score (nSPS) is 27.4. The zero-order chi connectivity index (χ0) is 14.8. The molecule has 0 bridgehead atoms. The van der Waals surface area contributed by atoms with Crippen LogP contribution in [0.3, 0.4) is 0 Å². The molecule has 8 heteroatoms. The number of carboxylic acids is 2. The monoisotopic (exact) mass is 356 g/mol. The molecule has 1 heterocycles. The summed E-state index contributed by atoms with van der Waals surface area (Å²) < 4.78 is 0. The SMILES string of the molecule is O=C(O)C1CCCCSSC(C(=O)O)CCCCSS1. The molecule has 1 fully saturated rings. The van der Waals surface area contributed by atoms with Crippen LogP contribution >= 0.6 is 43.2 Å². The Labute approximate surface area is 135 Å². The van der Waals surface area contributed by atoms with Gasteiger partial charge in [0.25, 0.3) is 0 Å². The second-order valence-corrected chi connectivity index (χ2v) is 9.86. The van der Waals surface area contributed by atoms with E-state index in [-0.39, 0.29) is 10.5 Å². The van der Waals surface area contributed by atoms with E-state index in [9.17, 15) is 9.59 Å². The molecule has 2 unspecified atom stereocenters. The second-order valence-electron chi connectivity index (χ2n) is 4.48. The quantitative estimate of drug-likeness (QED) is 0.719. The summed E-state index contributed by atoms with van der Waals surface area (Å²) in [7, 11) is 6.11. The number of hydrogen-bond acceptors (Lipinski definition) is 6. The Morgan fingerprint density at radius 2 is 1.15 bits per heavy atom. The van der Waals surface area contributed by atoms with Gasteiger partial charge in [-0.2, -0.15) is 0 Å². The number of carbonyl (C=O) groups is 2. The van der Waals surface area contributed by atoms with E-state index in [0.717, 1.165) is 37.2 Å². The lowest BCUT2D eigenvalue weighted by atomic mass is 10.2. The summed E-state index contributed by atoms with van der Waals surface area (Å²) in [5.74, 6) is 0.335. The summed E-state index contributed by atoms with van der Waals surface area (Å²) in [5, 5.41) is 17.6. The van der Waals surface area contributed by atoms with Crippen LogP contribution in [-0.4, -0.2) is 44.2 Å². The predicted molar refractivity (Wildman–Crippen MR) is 90.6 cm³/mol. The van der Waals surface area contributed by atoms with Gasteiger partial charge in [0.05, 0.1) is 0 Å². The fourth-order valence-electron chi connectivity index (χ4n) is 1.67. The maximum atomic E-state index is 11.1. The molecule has 2 atom stereocenters. The first-order chi connectivity index (χ1) is 9.61. The highest BCUT2D eigenvalue weighted by Crippen LogP contribution is 2.34. The lowest BCUT2D eigenvalue weighted by Gasteiger charge is -2.14. The molecule has 1 rings (SSSR count). The van der Waals surface area contributed by atoms with Crippen molar-refractivity contribution in [3.63, 3.8) is 0 Å². The molecule has 0 aromatic rings. The lowest BCUT2D eigenvalue weighted by molar-refractivity contribution is -0.137. The summed E-state index contributed by atoms with van der Waals surface area (Å²) in [6, 6.07) is 0. The standard InChI is InChI=1S/C12H20O4S4/c13-11(14)9-5-1-3-7-17-20-10(12(15)16)6-2-4-8-18-19-9/h9-10H,1-8H2,(H,13,14)(H,15,16). The maximum Gasteiger partial charge on any atom is 0.317 e. The molecule has 4 nitrogen and oxygen atoms in total. The Morgan fingerprint density at radius 3 is 1.50 bits per heavy atom. The largest absolute Gasteiger partial charge is 0.480 e. The molecule has 0 spiro atoms. The van der Waals surface area contributed by atoms with Gasteiger partial charge in [-0.15, -0.1) is 0 Å². The van der Waals surface area contributed by atoms with Crippen LogP contribution in [0.15, 0.2) is 0 Å². The Bertz CT molecular complexity index is 268. The van der Waals surface area contributed by atoms with Crippen LogP contribution in [0.5, 0.6) is 0 Å². The summed E-state index contributed by atoms with van der Waals surface area (Å²) in [4.78, 5) is 22.2. The van der Waals surface area contributed by atoms with Gasteiger partial charge in [-0.05, 0) is 25.7 Å². The molecule has 0 aromatic heterocycles. The fraction of sp³-hybridized carbons (Fsp3) is 0.833. The molecular formula is C12H20O4S4. The number of rotatable bonds is 2. The molecule has 0 aliphatic carbocycles. The molecule has 0 aromatic carbocycles. The van der Waals surface area contributed by atoms with E-state index in [4.69, 9.17) is 10.2 Å². The van der Waals surface area contributed by atoms with E-state index < -0.39 is 11.9 Å². The fourth-order valence-corrected chi connectivity index (χ4v) is 6.86. The van der Waals surface area contributed by atoms with Gasteiger partial charge in [0, 0.05) is 11.5 Å². The average Bonchev–Trinajstić information content (AvgIpc) is 2.40. The van der Waals surface area contributed by atoms with Crippen molar-refractivity contribution in [1.82, 2.24) is 0 Å². The first-order valence-electron chi connectivity index (χ1n) is 6.63. The minimum atomic E-state index is -0.720. The molecule has 1 saturated heterocycles. The van der Waals surface area contributed by atoms with E-state index in [2.05, 4.69) is 0 Å². The number of hydrogen-bond donors (Lipinski definition) is 2. The van der Waals surface area contributed by atoms with Crippen LogP contribution in [0.25, 0.3) is 0 Å². The van der Waals surface area contributed by atoms with Crippen molar-refractivity contribution in [2.45, 2.75) is 49.0 Å². The minimum Gasteiger partial charge on any atom is -0.480 e.